The van der Waals surface area contributed by atoms with Crippen molar-refractivity contribution >= 4 is 15.9 Å². The van der Waals surface area contributed by atoms with Gasteiger partial charge in [0.15, 0.2) is 5.67 Å². The van der Waals surface area contributed by atoms with Crippen molar-refractivity contribution in [3.05, 3.63) is 0 Å². The first kappa shape index (κ1) is 12.3. The average Bonchev–Trinajstić information content (AvgIpc) is 2.03. The SMILES string of the molecule is CC(F)(CC1COCCN1)C(F)(F)Br. The van der Waals surface area contributed by atoms with E-state index in [1.54, 1.807) is 0 Å². The number of alkyl halides is 4. The number of nitrogens with one attached hydrogen (secondary N) is 1. The number of morpholine rings is 1. The minimum absolute atomic E-state index is 0.273. The standard InChI is InChI=1S/C8H13BrF3NO/c1-7(10,8(9,11)12)4-6-5-14-3-2-13-6/h6,13H,2-5H2,1H3. The second kappa shape index (κ2) is 4.37. The molecule has 1 rings (SSSR count). The van der Waals surface area contributed by atoms with Crippen LogP contribution in [0.1, 0.15) is 13.3 Å². The maximum Gasteiger partial charge on any atom is 0.334 e. The van der Waals surface area contributed by atoms with Crippen LogP contribution in [0, 0.1) is 0 Å². The third-order valence-corrected chi connectivity index (χ3v) is 3.05. The number of hydrogen-bond donors (Lipinski definition) is 1. The van der Waals surface area contributed by atoms with Gasteiger partial charge in [0.2, 0.25) is 0 Å². The zero-order valence-electron chi connectivity index (χ0n) is 7.83. The predicted octanol–water partition coefficient (Wildman–Crippen LogP) is 2.08. The average molecular weight is 276 g/mol. The molecular formula is C8H13BrF3NO. The van der Waals surface area contributed by atoms with Gasteiger partial charge in [-0.15, -0.1) is 0 Å². The van der Waals surface area contributed by atoms with E-state index in [0.717, 1.165) is 6.92 Å². The van der Waals surface area contributed by atoms with Gasteiger partial charge in [0, 0.05) is 19.0 Å². The molecule has 1 heterocycles. The van der Waals surface area contributed by atoms with Gasteiger partial charge in [-0.1, -0.05) is 0 Å². The molecule has 0 bridgehead atoms. The van der Waals surface area contributed by atoms with Crippen molar-refractivity contribution in [2.45, 2.75) is 29.9 Å². The van der Waals surface area contributed by atoms with Crippen molar-refractivity contribution in [2.75, 3.05) is 19.8 Å². The summed E-state index contributed by atoms with van der Waals surface area (Å²) in [5.74, 6) is 0. The van der Waals surface area contributed by atoms with Crippen molar-refractivity contribution in [3.63, 3.8) is 0 Å². The summed E-state index contributed by atoms with van der Waals surface area (Å²) in [6, 6.07) is -0.345. The molecule has 1 fully saturated rings. The van der Waals surface area contributed by atoms with Crippen LogP contribution < -0.4 is 5.32 Å². The Morgan fingerprint density at radius 1 is 1.50 bits per heavy atom. The van der Waals surface area contributed by atoms with Gasteiger partial charge in [0.1, 0.15) is 0 Å². The van der Waals surface area contributed by atoms with E-state index in [1.165, 1.54) is 0 Å². The fourth-order valence-corrected chi connectivity index (χ4v) is 1.49. The number of hydrogen-bond acceptors (Lipinski definition) is 2. The van der Waals surface area contributed by atoms with Crippen LogP contribution in [0.25, 0.3) is 0 Å². The van der Waals surface area contributed by atoms with E-state index in [9.17, 15) is 13.2 Å². The molecule has 84 valence electrons. The Balaban J connectivity index is 2.49. The minimum atomic E-state index is -3.50. The topological polar surface area (TPSA) is 21.3 Å². The predicted molar refractivity (Wildman–Crippen MR) is 50.6 cm³/mol. The normalized spacial score (nSPS) is 28.5. The summed E-state index contributed by atoms with van der Waals surface area (Å²) in [6.45, 7) is 2.29. The van der Waals surface area contributed by atoms with Crippen molar-refractivity contribution in [2.24, 2.45) is 0 Å². The highest BCUT2D eigenvalue weighted by Crippen LogP contribution is 2.40. The molecule has 0 aliphatic carbocycles. The van der Waals surface area contributed by atoms with E-state index < -0.39 is 10.5 Å². The molecule has 1 aliphatic heterocycles. The molecule has 6 heteroatoms. The molecule has 0 amide bonds. The van der Waals surface area contributed by atoms with Crippen LogP contribution in [0.15, 0.2) is 0 Å². The van der Waals surface area contributed by atoms with Crippen LogP contribution in [0.3, 0.4) is 0 Å². The van der Waals surface area contributed by atoms with Crippen LogP contribution in [0.2, 0.25) is 0 Å². The van der Waals surface area contributed by atoms with E-state index in [0.29, 0.717) is 13.2 Å². The quantitative estimate of drug-likeness (QED) is 0.797. The summed E-state index contributed by atoms with van der Waals surface area (Å²) in [6.07, 6.45) is -0.273. The van der Waals surface area contributed by atoms with Gasteiger partial charge in [0.05, 0.1) is 13.2 Å². The lowest BCUT2D eigenvalue weighted by Gasteiger charge is -2.32. The maximum absolute atomic E-state index is 13.5. The number of halogens is 4. The zero-order chi connectivity index (χ0) is 10.8. The molecule has 1 saturated heterocycles. The van der Waals surface area contributed by atoms with Crippen LogP contribution in [-0.4, -0.2) is 36.3 Å². The van der Waals surface area contributed by atoms with E-state index in [-0.39, 0.29) is 19.1 Å². The first-order valence-electron chi connectivity index (χ1n) is 4.40. The molecule has 0 aromatic heterocycles. The fraction of sp³-hybridized carbons (Fsp3) is 1.00. The highest BCUT2D eigenvalue weighted by molar-refractivity contribution is 9.10. The molecule has 0 saturated carbocycles. The Hall–Kier alpha value is 0.190. The van der Waals surface area contributed by atoms with Crippen molar-refractivity contribution < 1.29 is 17.9 Å². The van der Waals surface area contributed by atoms with E-state index in [1.807, 2.05) is 15.9 Å². The Labute approximate surface area is 89.3 Å². The molecule has 0 spiro atoms. The van der Waals surface area contributed by atoms with Crippen molar-refractivity contribution in [1.29, 1.82) is 0 Å². The summed E-state index contributed by atoms with van der Waals surface area (Å²) in [4.78, 5) is -3.50. The summed E-state index contributed by atoms with van der Waals surface area (Å²) < 4.78 is 44.0. The molecule has 2 atom stereocenters. The lowest BCUT2D eigenvalue weighted by molar-refractivity contribution is -0.0651. The lowest BCUT2D eigenvalue weighted by Crippen LogP contribution is -2.48. The molecule has 0 aromatic rings. The summed E-state index contributed by atoms with van der Waals surface area (Å²) >= 11 is 2.05. The smallest absolute Gasteiger partial charge is 0.334 e. The van der Waals surface area contributed by atoms with Gasteiger partial charge in [-0.3, -0.25) is 0 Å². The molecule has 1 aliphatic rings. The third-order valence-electron chi connectivity index (χ3n) is 2.22. The first-order valence-corrected chi connectivity index (χ1v) is 5.19. The van der Waals surface area contributed by atoms with Gasteiger partial charge >= 0.3 is 4.83 Å². The summed E-state index contributed by atoms with van der Waals surface area (Å²) in [7, 11) is 0. The Bertz CT molecular complexity index is 190. The van der Waals surface area contributed by atoms with Crippen LogP contribution in [0.5, 0.6) is 0 Å². The largest absolute Gasteiger partial charge is 0.379 e. The van der Waals surface area contributed by atoms with Gasteiger partial charge in [-0.2, -0.15) is 8.78 Å². The van der Waals surface area contributed by atoms with Crippen molar-refractivity contribution in [3.8, 4) is 0 Å². The van der Waals surface area contributed by atoms with Gasteiger partial charge in [-0.25, -0.2) is 4.39 Å². The minimum Gasteiger partial charge on any atom is -0.379 e. The monoisotopic (exact) mass is 275 g/mol. The first-order chi connectivity index (χ1) is 6.33. The number of ether oxygens (including phenoxy) is 1. The molecule has 0 radical (unpaired) electrons. The van der Waals surface area contributed by atoms with E-state index >= 15 is 0 Å². The fourth-order valence-electron chi connectivity index (χ4n) is 1.33. The van der Waals surface area contributed by atoms with Gasteiger partial charge < -0.3 is 10.1 Å². The second-order valence-corrected chi connectivity index (χ2v) is 4.62. The Morgan fingerprint density at radius 3 is 2.57 bits per heavy atom. The second-order valence-electron chi connectivity index (χ2n) is 3.63. The molecule has 14 heavy (non-hydrogen) atoms. The highest BCUT2D eigenvalue weighted by atomic mass is 79.9. The van der Waals surface area contributed by atoms with Gasteiger partial charge in [0.25, 0.3) is 0 Å². The van der Waals surface area contributed by atoms with Gasteiger partial charge in [-0.05, 0) is 22.9 Å². The van der Waals surface area contributed by atoms with Crippen molar-refractivity contribution in [1.82, 2.24) is 5.32 Å². The van der Waals surface area contributed by atoms with Crippen LogP contribution >= 0.6 is 15.9 Å². The van der Waals surface area contributed by atoms with Crippen LogP contribution in [0.4, 0.5) is 13.2 Å². The van der Waals surface area contributed by atoms with Crippen LogP contribution in [-0.2, 0) is 4.74 Å². The molecular weight excluding hydrogens is 263 g/mol. The summed E-state index contributed by atoms with van der Waals surface area (Å²) in [5, 5.41) is 2.93. The molecule has 0 aromatic carbocycles. The maximum atomic E-state index is 13.5. The summed E-state index contributed by atoms with van der Waals surface area (Å²) in [5.41, 5.74) is -2.56. The molecule has 2 unspecified atom stereocenters. The Morgan fingerprint density at radius 2 is 2.14 bits per heavy atom. The zero-order valence-corrected chi connectivity index (χ0v) is 9.41. The highest BCUT2D eigenvalue weighted by Gasteiger charge is 2.50. The van der Waals surface area contributed by atoms with E-state index in [4.69, 9.17) is 4.74 Å². The van der Waals surface area contributed by atoms with E-state index in [2.05, 4.69) is 5.32 Å². The lowest BCUT2D eigenvalue weighted by atomic mass is 9.99. The third kappa shape index (κ3) is 3.10. The number of rotatable bonds is 3. The Kier molecular flexibility index (Phi) is 3.82. The molecule has 2 nitrogen and oxygen atoms in total. The molecule has 1 N–H and O–H groups in total.